The van der Waals surface area contributed by atoms with E-state index < -0.39 is 13.9 Å². The maximum Gasteiger partial charge on any atom is 0.323 e. The second-order valence-corrected chi connectivity index (χ2v) is 11.9. The minimum Gasteiger partial charge on any atom is -0.411 e. The van der Waals surface area contributed by atoms with E-state index in [0.717, 1.165) is 19.1 Å². The van der Waals surface area contributed by atoms with Gasteiger partial charge < -0.3 is 14.7 Å². The average Bonchev–Trinajstić information content (AvgIpc) is 2.80. The fourth-order valence-corrected chi connectivity index (χ4v) is 5.55. The predicted octanol–water partition coefficient (Wildman–Crippen LogP) is 2.67. The van der Waals surface area contributed by atoms with Crippen LogP contribution in [0.15, 0.2) is 0 Å². The van der Waals surface area contributed by atoms with Crippen molar-refractivity contribution in [2.45, 2.75) is 70.6 Å². The third-order valence-electron chi connectivity index (χ3n) is 4.89. The van der Waals surface area contributed by atoms with Crippen molar-refractivity contribution in [3.05, 3.63) is 5.53 Å². The summed E-state index contributed by atoms with van der Waals surface area (Å²) in [6.45, 7) is 10.7. The molecule has 0 saturated carbocycles. The van der Waals surface area contributed by atoms with Crippen LogP contribution in [0.2, 0.25) is 19.6 Å². The molecule has 2 bridgehead atoms. The molecule has 0 aromatic carbocycles. The Balaban J connectivity index is 2.38. The molecule has 2 fully saturated rings. The number of nitrogens with zero attached hydrogens (tertiary/aromatic N) is 2. The van der Waals surface area contributed by atoms with E-state index in [1.807, 2.05) is 0 Å². The number of carbonyl (C=O) groups excluding carboxylic acids is 1. The largest absolute Gasteiger partial charge is 0.411 e. The molecule has 2 saturated heterocycles. The zero-order chi connectivity index (χ0) is 15.8. The Morgan fingerprint density at radius 1 is 1.33 bits per heavy atom. The van der Waals surface area contributed by atoms with E-state index in [4.69, 9.17) is 14.7 Å². The molecule has 2 aliphatic heterocycles. The highest BCUT2D eigenvalue weighted by Gasteiger charge is 2.57. The Labute approximate surface area is 127 Å². The van der Waals surface area contributed by atoms with Crippen LogP contribution in [0.3, 0.4) is 0 Å². The van der Waals surface area contributed by atoms with E-state index in [-0.39, 0.29) is 36.2 Å². The molecular weight excluding hydrogens is 284 g/mol. The summed E-state index contributed by atoms with van der Waals surface area (Å²) in [7, 11) is -1.84. The lowest BCUT2D eigenvalue weighted by Crippen LogP contribution is -2.60. The van der Waals surface area contributed by atoms with Crippen LogP contribution in [0.25, 0.3) is 5.53 Å². The number of ether oxygens (including phenoxy) is 1. The number of carbonyl (C=O) groups is 1. The number of fused-ring (bicyclic) bond motifs is 2. The highest BCUT2D eigenvalue weighted by atomic mass is 28.4. The predicted molar refractivity (Wildman–Crippen MR) is 82.7 cm³/mol. The van der Waals surface area contributed by atoms with Crippen molar-refractivity contribution in [2.24, 2.45) is 11.8 Å². The van der Waals surface area contributed by atoms with E-state index in [1.165, 1.54) is 0 Å². The second kappa shape index (κ2) is 5.76. The van der Waals surface area contributed by atoms with Gasteiger partial charge in [0.2, 0.25) is 5.78 Å². The third kappa shape index (κ3) is 3.18. The van der Waals surface area contributed by atoms with Crippen molar-refractivity contribution < 1.29 is 18.7 Å². The van der Waals surface area contributed by atoms with E-state index in [1.54, 1.807) is 0 Å². The maximum atomic E-state index is 12.1. The molecule has 0 amide bonds. The molecule has 0 radical (unpaired) electrons. The van der Waals surface area contributed by atoms with Crippen molar-refractivity contribution in [1.82, 2.24) is 0 Å². The number of hydrogen-bond donors (Lipinski definition) is 0. The van der Waals surface area contributed by atoms with Crippen molar-refractivity contribution in [3.8, 4) is 0 Å². The molecule has 21 heavy (non-hydrogen) atoms. The first-order chi connectivity index (χ1) is 9.69. The van der Waals surface area contributed by atoms with E-state index in [0.29, 0.717) is 0 Å². The Morgan fingerprint density at radius 3 is 2.29 bits per heavy atom. The van der Waals surface area contributed by atoms with Crippen LogP contribution in [0.5, 0.6) is 0 Å². The number of hydrogen-bond acceptors (Lipinski definition) is 3. The molecule has 0 N–H and O–H groups in total. The Kier molecular flexibility index (Phi) is 4.54. The van der Waals surface area contributed by atoms with Gasteiger partial charge in [0.15, 0.2) is 8.32 Å². The molecule has 2 heterocycles. The van der Waals surface area contributed by atoms with Crippen LogP contribution in [0.4, 0.5) is 0 Å². The van der Waals surface area contributed by atoms with Gasteiger partial charge in [-0.2, -0.15) is 4.79 Å². The smallest absolute Gasteiger partial charge is 0.323 e. The van der Waals surface area contributed by atoms with Crippen molar-refractivity contribution in [2.75, 3.05) is 0 Å². The van der Waals surface area contributed by atoms with Gasteiger partial charge in [0, 0.05) is 18.3 Å². The van der Waals surface area contributed by atoms with Gasteiger partial charge in [0.25, 0.3) is 0 Å². The zero-order valence-corrected chi connectivity index (χ0v) is 14.6. The van der Waals surface area contributed by atoms with Gasteiger partial charge in [-0.1, -0.05) is 13.8 Å². The molecule has 118 valence electrons. The van der Waals surface area contributed by atoms with Crippen LogP contribution in [-0.4, -0.2) is 42.9 Å². The normalized spacial score (nSPS) is 38.9. The molecule has 0 aromatic heterocycles. The van der Waals surface area contributed by atoms with Gasteiger partial charge in [-0.05, 0) is 32.5 Å². The van der Waals surface area contributed by atoms with Gasteiger partial charge in [-0.25, -0.2) is 0 Å². The highest BCUT2D eigenvalue weighted by molar-refractivity contribution is 6.69. The van der Waals surface area contributed by atoms with Crippen LogP contribution < -0.4 is 0 Å². The monoisotopic (exact) mass is 310 g/mol. The number of rotatable bonds is 5. The lowest BCUT2D eigenvalue weighted by molar-refractivity contribution is -0.183. The van der Waals surface area contributed by atoms with Crippen LogP contribution >= 0.6 is 0 Å². The molecular formula is C15H26N2O3Si. The fraction of sp³-hybridized carbons (Fsp3) is 0.867. The maximum absolute atomic E-state index is 12.1. The molecule has 0 spiro atoms. The van der Waals surface area contributed by atoms with Crippen LogP contribution in [-0.2, 0) is 14.0 Å². The summed E-state index contributed by atoms with van der Waals surface area (Å²) in [5.74, 6) is 0.138. The highest BCUT2D eigenvalue weighted by Crippen LogP contribution is 2.50. The van der Waals surface area contributed by atoms with E-state index in [2.05, 4.69) is 38.3 Å². The summed E-state index contributed by atoms with van der Waals surface area (Å²) in [6, 6.07) is 0. The fourth-order valence-electron chi connectivity index (χ4n) is 3.97. The summed E-state index contributed by atoms with van der Waals surface area (Å²) in [6.07, 6.45) is 3.67. The molecule has 0 aliphatic carbocycles. The summed E-state index contributed by atoms with van der Waals surface area (Å²) in [4.78, 5) is 15.0. The molecule has 6 heteroatoms. The first-order valence-electron chi connectivity index (χ1n) is 7.75. The van der Waals surface area contributed by atoms with Gasteiger partial charge in [0.1, 0.15) is 0 Å². The average molecular weight is 310 g/mol. The van der Waals surface area contributed by atoms with Gasteiger partial charge in [0.05, 0.1) is 17.8 Å². The third-order valence-corrected chi connectivity index (χ3v) is 5.88. The van der Waals surface area contributed by atoms with Crippen molar-refractivity contribution >= 4 is 20.3 Å². The molecule has 5 nitrogen and oxygen atoms in total. The number of ketones is 1. The molecule has 5 atom stereocenters. The van der Waals surface area contributed by atoms with Gasteiger partial charge in [-0.15, -0.1) is 0 Å². The Hall–Kier alpha value is -0.813. The standard InChI is InChI=1S/C15H26N2O3Si/c1-10-13-6-7-14(19-13)11(2)15(10,20-21(3,4)5)8-12(18)9-17-16/h9-11,13-14H,6-8H2,1-5H3/t10-,11+,13+,14-,15?. The first kappa shape index (κ1) is 16.6. The van der Waals surface area contributed by atoms with Crippen LogP contribution in [0.1, 0.15) is 33.1 Å². The van der Waals surface area contributed by atoms with E-state index in [9.17, 15) is 4.79 Å². The van der Waals surface area contributed by atoms with Crippen molar-refractivity contribution in [3.63, 3.8) is 0 Å². The minimum atomic E-state index is -1.84. The van der Waals surface area contributed by atoms with Gasteiger partial charge >= 0.3 is 6.21 Å². The molecule has 2 rings (SSSR count). The second-order valence-electron chi connectivity index (χ2n) is 7.42. The number of Topliss-reactive ketones (excluding diaryl/α,β-unsaturated/α-hetero) is 1. The summed E-state index contributed by atoms with van der Waals surface area (Å²) >= 11 is 0. The lowest BCUT2D eigenvalue weighted by atomic mass is 9.71. The topological polar surface area (TPSA) is 71.9 Å². The molecule has 2 aliphatic rings. The van der Waals surface area contributed by atoms with E-state index >= 15 is 0 Å². The first-order valence-corrected chi connectivity index (χ1v) is 11.2. The lowest BCUT2D eigenvalue weighted by Gasteiger charge is -2.52. The summed E-state index contributed by atoms with van der Waals surface area (Å²) in [5, 5.41) is 0. The Morgan fingerprint density at radius 2 is 1.86 bits per heavy atom. The summed E-state index contributed by atoms with van der Waals surface area (Å²) in [5.41, 5.74) is 8.12. The molecule has 0 aromatic rings. The molecule has 1 unspecified atom stereocenters. The summed E-state index contributed by atoms with van der Waals surface area (Å²) < 4.78 is 12.7. The van der Waals surface area contributed by atoms with Crippen molar-refractivity contribution in [1.29, 1.82) is 0 Å². The van der Waals surface area contributed by atoms with Gasteiger partial charge in [-0.3, -0.25) is 4.79 Å². The van der Waals surface area contributed by atoms with Crippen LogP contribution in [0, 0.1) is 11.8 Å². The SMILES string of the molecule is C[C@@H]1[C@@H]2CC[C@@H](O2)[C@H](C)C1(CC(=O)C=[N+]=[N-])O[Si](C)(C)C. The zero-order valence-electron chi connectivity index (χ0n) is 13.6. The minimum absolute atomic E-state index is 0.161. The quantitative estimate of drug-likeness (QED) is 0.339. The Bertz CT molecular complexity index is 452.